The van der Waals surface area contributed by atoms with E-state index in [4.69, 9.17) is 0 Å². The van der Waals surface area contributed by atoms with E-state index in [1.165, 1.54) is 58.3 Å². The summed E-state index contributed by atoms with van der Waals surface area (Å²) in [6, 6.07) is 0. The minimum atomic E-state index is 0.239. The van der Waals surface area contributed by atoms with Crippen LogP contribution < -0.4 is 5.32 Å². The lowest BCUT2D eigenvalue weighted by Crippen LogP contribution is -2.48. The molecule has 0 heterocycles. The second-order valence-corrected chi connectivity index (χ2v) is 8.15. The van der Waals surface area contributed by atoms with Crippen LogP contribution in [0.2, 0.25) is 0 Å². The summed E-state index contributed by atoms with van der Waals surface area (Å²) in [5.74, 6) is 0.823. The average molecular weight is 283 g/mol. The number of hydrogen-bond acceptors (Lipinski definition) is 2. The first-order valence-corrected chi connectivity index (χ1v) is 8.77. The first-order valence-electron chi connectivity index (χ1n) is 8.77. The molecule has 2 nitrogen and oxygen atoms in total. The Morgan fingerprint density at radius 2 is 1.75 bits per heavy atom. The molecule has 0 aromatic rings. The number of hydrogen-bond donors (Lipinski definition) is 1. The van der Waals surface area contributed by atoms with Crippen molar-refractivity contribution in [2.75, 3.05) is 26.2 Å². The van der Waals surface area contributed by atoms with Crippen LogP contribution in [-0.2, 0) is 0 Å². The molecule has 0 aromatic heterocycles. The van der Waals surface area contributed by atoms with E-state index in [0.29, 0.717) is 5.41 Å². The van der Waals surface area contributed by atoms with Gasteiger partial charge in [-0.1, -0.05) is 40.0 Å². The first kappa shape index (κ1) is 18.0. The third-order valence-corrected chi connectivity index (χ3v) is 4.93. The Kier molecular flexibility index (Phi) is 7.00. The molecule has 0 spiro atoms. The molecule has 20 heavy (non-hydrogen) atoms. The molecule has 2 heteroatoms. The van der Waals surface area contributed by atoms with E-state index < -0.39 is 0 Å². The zero-order valence-electron chi connectivity index (χ0n) is 14.9. The fourth-order valence-electron chi connectivity index (χ4n) is 3.32. The molecule has 120 valence electrons. The van der Waals surface area contributed by atoms with Gasteiger partial charge in [0.2, 0.25) is 0 Å². The standard InChI is InChI=1S/C18H38N2/c1-7-16(3)13-20(8-2)15-18(11-9-10-12-18)14-19-17(4,5)6/h16,19H,7-15H2,1-6H3. The van der Waals surface area contributed by atoms with Gasteiger partial charge in [-0.2, -0.15) is 0 Å². The summed E-state index contributed by atoms with van der Waals surface area (Å²) in [6.45, 7) is 18.8. The van der Waals surface area contributed by atoms with E-state index in [0.717, 1.165) is 5.92 Å². The lowest BCUT2D eigenvalue weighted by molar-refractivity contribution is 0.131. The van der Waals surface area contributed by atoms with Gasteiger partial charge in [0.1, 0.15) is 0 Å². The zero-order valence-corrected chi connectivity index (χ0v) is 14.9. The van der Waals surface area contributed by atoms with Crippen LogP contribution in [0.15, 0.2) is 0 Å². The maximum absolute atomic E-state index is 3.77. The summed E-state index contributed by atoms with van der Waals surface area (Å²) < 4.78 is 0. The van der Waals surface area contributed by atoms with Crippen molar-refractivity contribution in [2.24, 2.45) is 11.3 Å². The van der Waals surface area contributed by atoms with Gasteiger partial charge in [-0.05, 0) is 51.5 Å². The summed E-state index contributed by atoms with van der Waals surface area (Å²) >= 11 is 0. The number of nitrogens with zero attached hydrogens (tertiary/aromatic N) is 1. The molecule has 0 aliphatic heterocycles. The predicted octanol–water partition coefficient (Wildman–Crippen LogP) is 4.30. The lowest BCUT2D eigenvalue weighted by atomic mass is 9.84. The van der Waals surface area contributed by atoms with Crippen molar-refractivity contribution in [2.45, 2.75) is 79.2 Å². The Labute approximate surface area is 127 Å². The summed E-state index contributed by atoms with van der Waals surface area (Å²) in [5.41, 5.74) is 0.764. The van der Waals surface area contributed by atoms with Gasteiger partial charge in [0, 0.05) is 25.2 Å². The molecule has 0 amide bonds. The maximum atomic E-state index is 3.77. The van der Waals surface area contributed by atoms with Gasteiger partial charge in [-0.15, -0.1) is 0 Å². The van der Waals surface area contributed by atoms with Crippen molar-refractivity contribution in [1.29, 1.82) is 0 Å². The molecular weight excluding hydrogens is 244 g/mol. The van der Waals surface area contributed by atoms with Gasteiger partial charge < -0.3 is 10.2 Å². The molecule has 0 aromatic carbocycles. The summed E-state index contributed by atoms with van der Waals surface area (Å²) in [7, 11) is 0. The Balaban J connectivity index is 2.60. The van der Waals surface area contributed by atoms with Crippen LogP contribution in [-0.4, -0.2) is 36.6 Å². The Morgan fingerprint density at radius 1 is 1.15 bits per heavy atom. The topological polar surface area (TPSA) is 15.3 Å². The second kappa shape index (κ2) is 7.79. The van der Waals surface area contributed by atoms with Crippen LogP contribution >= 0.6 is 0 Å². The zero-order chi connectivity index (χ0) is 15.2. The van der Waals surface area contributed by atoms with E-state index in [2.05, 4.69) is 51.8 Å². The predicted molar refractivity (Wildman–Crippen MR) is 90.2 cm³/mol. The smallest absolute Gasteiger partial charge is 0.00967 e. The lowest BCUT2D eigenvalue weighted by Gasteiger charge is -2.38. The van der Waals surface area contributed by atoms with Crippen molar-refractivity contribution in [3.05, 3.63) is 0 Å². The molecule has 1 rings (SSSR count). The van der Waals surface area contributed by atoms with E-state index in [1.807, 2.05) is 0 Å². The van der Waals surface area contributed by atoms with Crippen molar-refractivity contribution in [3.63, 3.8) is 0 Å². The van der Waals surface area contributed by atoms with Gasteiger partial charge in [0.25, 0.3) is 0 Å². The Morgan fingerprint density at radius 3 is 2.20 bits per heavy atom. The molecule has 1 aliphatic rings. The monoisotopic (exact) mass is 282 g/mol. The van der Waals surface area contributed by atoms with E-state index in [-0.39, 0.29) is 5.54 Å². The second-order valence-electron chi connectivity index (χ2n) is 8.15. The van der Waals surface area contributed by atoms with Crippen LogP contribution in [0.1, 0.15) is 73.6 Å². The van der Waals surface area contributed by atoms with Crippen LogP contribution in [0.25, 0.3) is 0 Å². The number of nitrogens with one attached hydrogen (secondary N) is 1. The molecule has 1 unspecified atom stereocenters. The van der Waals surface area contributed by atoms with Gasteiger partial charge >= 0.3 is 0 Å². The maximum Gasteiger partial charge on any atom is 0.00967 e. The molecular formula is C18H38N2. The van der Waals surface area contributed by atoms with Crippen LogP contribution in [0.3, 0.4) is 0 Å². The van der Waals surface area contributed by atoms with E-state index in [9.17, 15) is 0 Å². The largest absolute Gasteiger partial charge is 0.311 e. The van der Waals surface area contributed by atoms with Crippen LogP contribution in [0.4, 0.5) is 0 Å². The van der Waals surface area contributed by atoms with Gasteiger partial charge in [-0.3, -0.25) is 0 Å². The fourth-order valence-corrected chi connectivity index (χ4v) is 3.32. The fraction of sp³-hybridized carbons (Fsp3) is 1.00. The summed E-state index contributed by atoms with van der Waals surface area (Å²) in [5, 5.41) is 3.77. The SMILES string of the molecule is CCC(C)CN(CC)CC1(CNC(C)(C)C)CCCC1. The third-order valence-electron chi connectivity index (χ3n) is 4.93. The van der Waals surface area contributed by atoms with Crippen molar-refractivity contribution in [3.8, 4) is 0 Å². The van der Waals surface area contributed by atoms with Crippen LogP contribution in [0, 0.1) is 11.3 Å². The summed E-state index contributed by atoms with van der Waals surface area (Å²) in [6.07, 6.45) is 6.96. The molecule has 0 bridgehead atoms. The third kappa shape index (κ3) is 6.13. The normalized spacial score (nSPS) is 20.6. The highest BCUT2D eigenvalue weighted by atomic mass is 15.1. The summed E-state index contributed by atoms with van der Waals surface area (Å²) in [4.78, 5) is 2.70. The van der Waals surface area contributed by atoms with Crippen molar-refractivity contribution in [1.82, 2.24) is 10.2 Å². The molecule has 0 saturated heterocycles. The molecule has 1 fully saturated rings. The van der Waals surface area contributed by atoms with Gasteiger partial charge in [0.05, 0.1) is 0 Å². The minimum absolute atomic E-state index is 0.239. The first-order chi connectivity index (χ1) is 9.30. The van der Waals surface area contributed by atoms with E-state index >= 15 is 0 Å². The highest BCUT2D eigenvalue weighted by Crippen LogP contribution is 2.38. The molecule has 1 aliphatic carbocycles. The average Bonchev–Trinajstić information content (AvgIpc) is 2.84. The van der Waals surface area contributed by atoms with Gasteiger partial charge in [-0.25, -0.2) is 0 Å². The Hall–Kier alpha value is -0.0800. The highest BCUT2D eigenvalue weighted by molar-refractivity contribution is 4.91. The van der Waals surface area contributed by atoms with Crippen molar-refractivity contribution < 1.29 is 0 Å². The Bertz CT molecular complexity index is 261. The van der Waals surface area contributed by atoms with Crippen LogP contribution in [0.5, 0.6) is 0 Å². The molecule has 1 saturated carbocycles. The molecule has 1 N–H and O–H groups in total. The van der Waals surface area contributed by atoms with E-state index in [1.54, 1.807) is 0 Å². The quantitative estimate of drug-likeness (QED) is 0.714. The minimum Gasteiger partial charge on any atom is -0.311 e. The highest BCUT2D eigenvalue weighted by Gasteiger charge is 2.36. The number of rotatable bonds is 8. The molecule has 1 atom stereocenters. The van der Waals surface area contributed by atoms with Gasteiger partial charge in [0.15, 0.2) is 0 Å². The van der Waals surface area contributed by atoms with Crippen molar-refractivity contribution >= 4 is 0 Å². The molecule has 0 radical (unpaired) electrons.